The maximum absolute atomic E-state index is 6.25. The van der Waals surface area contributed by atoms with Gasteiger partial charge in [0.05, 0.1) is 5.88 Å². The number of hydrogen-bond donors (Lipinski definition) is 0. The van der Waals surface area contributed by atoms with Gasteiger partial charge in [0.1, 0.15) is 0 Å². The van der Waals surface area contributed by atoms with E-state index < -0.39 is 0 Å². The Balaban J connectivity index is 2.55. The molecule has 0 fully saturated rings. The Morgan fingerprint density at radius 2 is 1.68 bits per heavy atom. The highest BCUT2D eigenvalue weighted by atomic mass is 35.5. The minimum Gasteiger partial charge on any atom is -0.341 e. The fourth-order valence-electron chi connectivity index (χ4n) is 2.27. The van der Waals surface area contributed by atoms with Gasteiger partial charge in [0.25, 0.3) is 0 Å². The third-order valence-corrected chi connectivity index (χ3v) is 3.86. The number of para-hydroxylation sites is 1. The molecule has 2 aromatic carbocycles. The van der Waals surface area contributed by atoms with Crippen molar-refractivity contribution in [1.29, 1.82) is 0 Å². The van der Waals surface area contributed by atoms with E-state index in [1.807, 2.05) is 18.2 Å². The Bertz CT molecular complexity index is 566. The fourth-order valence-corrected chi connectivity index (χ4v) is 2.85. The molecule has 0 aliphatic carbocycles. The number of rotatable bonds is 4. The Morgan fingerprint density at radius 1 is 1.00 bits per heavy atom. The molecular weight excluding hydrogens is 277 g/mol. The Labute approximate surface area is 124 Å². The highest BCUT2D eigenvalue weighted by Gasteiger charge is 2.14. The summed E-state index contributed by atoms with van der Waals surface area (Å²) < 4.78 is 0. The van der Waals surface area contributed by atoms with Gasteiger partial charge in [-0.15, -0.1) is 11.6 Å². The van der Waals surface area contributed by atoms with E-state index in [0.29, 0.717) is 5.88 Å². The molecule has 2 rings (SSSR count). The SMILES string of the molecule is CCN(c1ccccc1C)c1cccc(Cl)c1CCl. The van der Waals surface area contributed by atoms with Gasteiger partial charge in [-0.1, -0.05) is 35.9 Å². The molecule has 0 N–H and O–H groups in total. The molecule has 19 heavy (non-hydrogen) atoms. The Hall–Kier alpha value is -1.18. The normalized spacial score (nSPS) is 10.5. The van der Waals surface area contributed by atoms with E-state index in [1.54, 1.807) is 0 Å². The number of aryl methyl sites for hydroxylation is 1. The number of alkyl halides is 1. The highest BCUT2D eigenvalue weighted by Crippen LogP contribution is 2.34. The number of nitrogens with zero attached hydrogens (tertiary/aromatic N) is 1. The minimum absolute atomic E-state index is 0.414. The first-order valence-corrected chi connectivity index (χ1v) is 7.26. The lowest BCUT2D eigenvalue weighted by Crippen LogP contribution is -2.18. The van der Waals surface area contributed by atoms with E-state index >= 15 is 0 Å². The zero-order valence-corrected chi connectivity index (χ0v) is 12.7. The van der Waals surface area contributed by atoms with E-state index in [2.05, 4.69) is 43.0 Å². The molecule has 0 bridgehead atoms. The van der Waals surface area contributed by atoms with E-state index in [9.17, 15) is 0 Å². The molecule has 0 aromatic heterocycles. The third kappa shape index (κ3) is 2.88. The number of hydrogen-bond acceptors (Lipinski definition) is 1. The first-order chi connectivity index (χ1) is 9.19. The van der Waals surface area contributed by atoms with Gasteiger partial charge >= 0.3 is 0 Å². The smallest absolute Gasteiger partial charge is 0.0509 e. The maximum atomic E-state index is 6.25. The van der Waals surface area contributed by atoms with Gasteiger partial charge in [0.2, 0.25) is 0 Å². The molecule has 0 spiro atoms. The summed E-state index contributed by atoms with van der Waals surface area (Å²) in [5.74, 6) is 0.414. The van der Waals surface area contributed by atoms with Crippen molar-refractivity contribution in [2.75, 3.05) is 11.4 Å². The monoisotopic (exact) mass is 293 g/mol. The second-order valence-corrected chi connectivity index (χ2v) is 5.08. The van der Waals surface area contributed by atoms with Crippen LogP contribution in [0.3, 0.4) is 0 Å². The second kappa shape index (κ2) is 6.31. The van der Waals surface area contributed by atoms with Crippen LogP contribution in [-0.2, 0) is 5.88 Å². The van der Waals surface area contributed by atoms with Crippen LogP contribution in [0.2, 0.25) is 5.02 Å². The van der Waals surface area contributed by atoms with Gasteiger partial charge < -0.3 is 4.90 Å². The topological polar surface area (TPSA) is 3.24 Å². The van der Waals surface area contributed by atoms with Gasteiger partial charge in [-0.25, -0.2) is 0 Å². The van der Waals surface area contributed by atoms with Gasteiger partial charge in [0, 0.05) is 28.5 Å². The molecule has 3 heteroatoms. The summed E-state index contributed by atoms with van der Waals surface area (Å²) in [4.78, 5) is 2.25. The molecule has 0 radical (unpaired) electrons. The van der Waals surface area contributed by atoms with Crippen LogP contribution in [0.25, 0.3) is 0 Å². The second-order valence-electron chi connectivity index (χ2n) is 4.40. The van der Waals surface area contributed by atoms with Crippen molar-refractivity contribution in [3.8, 4) is 0 Å². The summed E-state index contributed by atoms with van der Waals surface area (Å²) in [6.07, 6.45) is 0. The summed E-state index contributed by atoms with van der Waals surface area (Å²) in [7, 11) is 0. The van der Waals surface area contributed by atoms with Crippen molar-refractivity contribution < 1.29 is 0 Å². The molecule has 0 aliphatic rings. The zero-order chi connectivity index (χ0) is 13.8. The standard InChI is InChI=1S/C16H17Cl2N/c1-3-19(15-9-5-4-7-12(15)2)16-10-6-8-14(18)13(16)11-17/h4-10H,3,11H2,1-2H3. The van der Waals surface area contributed by atoms with Gasteiger partial charge in [-0.05, 0) is 37.6 Å². The summed E-state index contributed by atoms with van der Waals surface area (Å²) in [5.41, 5.74) is 4.50. The van der Waals surface area contributed by atoms with Crippen LogP contribution in [0.4, 0.5) is 11.4 Å². The van der Waals surface area contributed by atoms with Crippen LogP contribution in [-0.4, -0.2) is 6.54 Å². The lowest BCUT2D eigenvalue weighted by Gasteiger charge is -2.27. The lowest BCUT2D eigenvalue weighted by molar-refractivity contribution is 1.01. The van der Waals surface area contributed by atoms with Crippen LogP contribution < -0.4 is 4.90 Å². The predicted molar refractivity (Wildman–Crippen MR) is 84.9 cm³/mol. The molecule has 0 saturated heterocycles. The van der Waals surface area contributed by atoms with Crippen LogP contribution in [0, 0.1) is 6.92 Å². The average molecular weight is 294 g/mol. The first kappa shape index (κ1) is 14.2. The van der Waals surface area contributed by atoms with Gasteiger partial charge in [-0.2, -0.15) is 0 Å². The molecule has 0 heterocycles. The van der Waals surface area contributed by atoms with E-state index in [1.165, 1.54) is 11.3 Å². The summed E-state index contributed by atoms with van der Waals surface area (Å²) in [6.45, 7) is 5.11. The first-order valence-electron chi connectivity index (χ1n) is 6.35. The van der Waals surface area contributed by atoms with Crippen molar-refractivity contribution in [1.82, 2.24) is 0 Å². The third-order valence-electron chi connectivity index (χ3n) is 3.24. The average Bonchev–Trinajstić information content (AvgIpc) is 2.42. The molecule has 2 aromatic rings. The molecule has 0 unspecified atom stereocenters. The minimum atomic E-state index is 0.414. The largest absolute Gasteiger partial charge is 0.341 e. The zero-order valence-electron chi connectivity index (χ0n) is 11.2. The molecule has 0 atom stereocenters. The molecular formula is C16H17Cl2N. The summed E-state index contributed by atoms with van der Waals surface area (Å²) in [5, 5.41) is 0.722. The van der Waals surface area contributed by atoms with Crippen LogP contribution in [0.15, 0.2) is 42.5 Å². The van der Waals surface area contributed by atoms with Gasteiger partial charge in [-0.3, -0.25) is 0 Å². The molecule has 100 valence electrons. The number of benzene rings is 2. The lowest BCUT2D eigenvalue weighted by atomic mass is 10.1. The highest BCUT2D eigenvalue weighted by molar-refractivity contribution is 6.32. The van der Waals surface area contributed by atoms with E-state index in [4.69, 9.17) is 23.2 Å². The number of anilines is 2. The van der Waals surface area contributed by atoms with Crippen molar-refractivity contribution in [3.63, 3.8) is 0 Å². The van der Waals surface area contributed by atoms with Crippen LogP contribution in [0.5, 0.6) is 0 Å². The summed E-state index contributed by atoms with van der Waals surface area (Å²) >= 11 is 12.3. The molecule has 0 amide bonds. The predicted octanol–water partition coefficient (Wildman–Crippen LogP) is 5.55. The quantitative estimate of drug-likeness (QED) is 0.669. The van der Waals surface area contributed by atoms with E-state index in [0.717, 1.165) is 22.8 Å². The van der Waals surface area contributed by atoms with Crippen molar-refractivity contribution in [2.24, 2.45) is 0 Å². The van der Waals surface area contributed by atoms with Crippen molar-refractivity contribution in [2.45, 2.75) is 19.7 Å². The maximum Gasteiger partial charge on any atom is 0.0509 e. The van der Waals surface area contributed by atoms with E-state index in [-0.39, 0.29) is 0 Å². The fraction of sp³-hybridized carbons (Fsp3) is 0.250. The molecule has 1 nitrogen and oxygen atoms in total. The van der Waals surface area contributed by atoms with Gasteiger partial charge in [0.15, 0.2) is 0 Å². The molecule has 0 saturated carbocycles. The molecule has 0 aliphatic heterocycles. The van der Waals surface area contributed by atoms with Crippen molar-refractivity contribution >= 4 is 34.6 Å². The number of halogens is 2. The van der Waals surface area contributed by atoms with Crippen molar-refractivity contribution in [3.05, 3.63) is 58.6 Å². The summed E-state index contributed by atoms with van der Waals surface area (Å²) in [6, 6.07) is 14.3. The van der Waals surface area contributed by atoms with Crippen LogP contribution >= 0.6 is 23.2 Å². The van der Waals surface area contributed by atoms with Crippen LogP contribution in [0.1, 0.15) is 18.1 Å². The Kier molecular flexibility index (Phi) is 4.73. The Morgan fingerprint density at radius 3 is 2.32 bits per heavy atom.